The van der Waals surface area contributed by atoms with Crippen LogP contribution in [0.15, 0.2) is 59.4 Å². The summed E-state index contributed by atoms with van der Waals surface area (Å²) in [7, 11) is 3.30. The van der Waals surface area contributed by atoms with Crippen LogP contribution in [0, 0.1) is 0 Å². The molecule has 27 heavy (non-hydrogen) atoms. The van der Waals surface area contributed by atoms with Crippen LogP contribution in [0.1, 0.15) is 12.8 Å². The van der Waals surface area contributed by atoms with E-state index in [-0.39, 0.29) is 11.5 Å². The van der Waals surface area contributed by atoms with E-state index in [1.54, 1.807) is 30.9 Å². The van der Waals surface area contributed by atoms with Crippen molar-refractivity contribution in [3.05, 3.63) is 65.0 Å². The van der Waals surface area contributed by atoms with E-state index in [2.05, 4.69) is 5.32 Å². The predicted molar refractivity (Wildman–Crippen MR) is 106 cm³/mol. The van der Waals surface area contributed by atoms with Gasteiger partial charge in [0.05, 0.1) is 24.9 Å². The van der Waals surface area contributed by atoms with Crippen molar-refractivity contribution in [2.45, 2.75) is 12.8 Å². The van der Waals surface area contributed by atoms with Crippen LogP contribution >= 0.6 is 0 Å². The second-order valence-corrected chi connectivity index (χ2v) is 6.12. The van der Waals surface area contributed by atoms with Crippen molar-refractivity contribution in [3.63, 3.8) is 0 Å². The maximum Gasteiger partial charge on any atom is 0.254 e. The first kappa shape index (κ1) is 18.5. The van der Waals surface area contributed by atoms with Gasteiger partial charge in [-0.2, -0.15) is 0 Å². The Morgan fingerprint density at radius 1 is 1.07 bits per heavy atom. The highest BCUT2D eigenvalue weighted by atomic mass is 16.5. The zero-order valence-electron chi connectivity index (χ0n) is 15.4. The van der Waals surface area contributed by atoms with Crippen LogP contribution in [0.4, 0.5) is 5.69 Å². The van der Waals surface area contributed by atoms with Gasteiger partial charge in [-0.1, -0.05) is 24.3 Å². The molecule has 0 atom stereocenters. The van der Waals surface area contributed by atoms with Crippen molar-refractivity contribution < 1.29 is 14.3 Å². The van der Waals surface area contributed by atoms with Gasteiger partial charge >= 0.3 is 0 Å². The molecule has 140 valence electrons. The van der Waals surface area contributed by atoms with Crippen LogP contribution in [0.2, 0.25) is 0 Å². The molecule has 3 aromatic rings. The summed E-state index contributed by atoms with van der Waals surface area (Å²) in [5.41, 5.74) is 1.33. The number of amides is 1. The first-order valence-corrected chi connectivity index (χ1v) is 8.74. The molecular formula is C21H22N2O4. The van der Waals surface area contributed by atoms with Crippen LogP contribution in [0.3, 0.4) is 0 Å². The Labute approximate surface area is 157 Å². The van der Waals surface area contributed by atoms with Crippen molar-refractivity contribution in [1.82, 2.24) is 4.57 Å². The largest absolute Gasteiger partial charge is 0.495 e. The summed E-state index contributed by atoms with van der Waals surface area (Å²) in [5.74, 6) is 1.05. The van der Waals surface area contributed by atoms with Crippen LogP contribution in [0.5, 0.6) is 11.5 Å². The average Bonchev–Trinajstić information content (AvgIpc) is 2.69. The third kappa shape index (κ3) is 4.28. The van der Waals surface area contributed by atoms with Crippen molar-refractivity contribution >= 4 is 22.5 Å². The number of rotatable bonds is 7. The van der Waals surface area contributed by atoms with E-state index in [4.69, 9.17) is 9.47 Å². The summed E-state index contributed by atoms with van der Waals surface area (Å²) in [6.45, 7) is 0.344. The molecule has 6 nitrogen and oxygen atoms in total. The standard InChI is InChI=1S/C21H22N2O4/c1-23-17-10-5-3-8-15(17)19(14-21(23)25)27-13-7-12-20(24)22-16-9-4-6-11-18(16)26-2/h3-6,8-11,14H,7,12-13H2,1-2H3,(H,22,24). The maximum atomic E-state index is 12.1. The minimum Gasteiger partial charge on any atom is -0.495 e. The Bertz CT molecular complexity index is 1010. The molecule has 1 heterocycles. The summed E-state index contributed by atoms with van der Waals surface area (Å²) in [6, 6.07) is 16.3. The molecule has 1 N–H and O–H groups in total. The number of ether oxygens (including phenoxy) is 2. The molecule has 0 unspecified atom stereocenters. The second-order valence-electron chi connectivity index (χ2n) is 6.12. The van der Waals surface area contributed by atoms with Crippen molar-refractivity contribution in [3.8, 4) is 11.5 Å². The van der Waals surface area contributed by atoms with E-state index >= 15 is 0 Å². The number of benzene rings is 2. The molecule has 1 aromatic heterocycles. The van der Waals surface area contributed by atoms with Crippen LogP contribution in [-0.4, -0.2) is 24.2 Å². The lowest BCUT2D eigenvalue weighted by Gasteiger charge is -2.12. The number of fused-ring (bicyclic) bond motifs is 1. The Hall–Kier alpha value is -3.28. The predicted octanol–water partition coefficient (Wildman–Crippen LogP) is 3.34. The minimum atomic E-state index is -0.127. The van der Waals surface area contributed by atoms with E-state index < -0.39 is 0 Å². The zero-order valence-corrected chi connectivity index (χ0v) is 15.4. The number of hydrogen-bond acceptors (Lipinski definition) is 4. The SMILES string of the molecule is COc1ccccc1NC(=O)CCCOc1cc(=O)n(C)c2ccccc12. The molecule has 0 aliphatic rings. The Kier molecular flexibility index (Phi) is 5.76. The number of para-hydroxylation sites is 3. The van der Waals surface area contributed by atoms with Crippen molar-refractivity contribution in [1.29, 1.82) is 0 Å². The number of nitrogens with one attached hydrogen (secondary N) is 1. The molecule has 0 bridgehead atoms. The molecule has 0 spiro atoms. The highest BCUT2D eigenvalue weighted by Crippen LogP contribution is 2.24. The van der Waals surface area contributed by atoms with Gasteiger partial charge in [-0.15, -0.1) is 0 Å². The molecule has 0 saturated carbocycles. The monoisotopic (exact) mass is 366 g/mol. The van der Waals surface area contributed by atoms with Gasteiger partial charge in [-0.05, 0) is 30.7 Å². The van der Waals surface area contributed by atoms with Crippen molar-refractivity contribution in [2.24, 2.45) is 7.05 Å². The fraction of sp³-hybridized carbons (Fsp3) is 0.238. The molecule has 0 fully saturated rings. The molecule has 3 rings (SSSR count). The summed E-state index contributed by atoms with van der Waals surface area (Å²) in [5, 5.41) is 3.71. The van der Waals surface area contributed by atoms with Gasteiger partial charge in [-0.25, -0.2) is 0 Å². The molecule has 0 radical (unpaired) electrons. The summed E-state index contributed by atoms with van der Waals surface area (Å²) >= 11 is 0. The van der Waals surface area contributed by atoms with Crippen molar-refractivity contribution in [2.75, 3.05) is 19.0 Å². The number of nitrogens with zero attached hydrogens (tertiary/aromatic N) is 1. The van der Waals surface area contributed by atoms with Gasteiger partial charge in [-0.3, -0.25) is 9.59 Å². The number of pyridine rings is 1. The molecule has 0 aliphatic carbocycles. The Balaban J connectivity index is 1.58. The third-order valence-corrected chi connectivity index (χ3v) is 4.30. The number of carbonyl (C=O) groups is 1. The smallest absolute Gasteiger partial charge is 0.254 e. The molecule has 6 heteroatoms. The fourth-order valence-electron chi connectivity index (χ4n) is 2.87. The Morgan fingerprint density at radius 3 is 2.63 bits per heavy atom. The van der Waals surface area contributed by atoms with Crippen LogP contribution < -0.4 is 20.3 Å². The molecule has 1 amide bonds. The number of methoxy groups -OCH3 is 1. The average molecular weight is 366 g/mol. The first-order valence-electron chi connectivity index (χ1n) is 8.74. The number of hydrogen-bond donors (Lipinski definition) is 1. The van der Waals surface area contributed by atoms with Gasteiger partial charge < -0.3 is 19.4 Å². The summed E-state index contributed by atoms with van der Waals surface area (Å²) in [6.07, 6.45) is 0.839. The van der Waals surface area contributed by atoms with E-state index in [0.717, 1.165) is 10.9 Å². The van der Waals surface area contributed by atoms with E-state index in [1.807, 2.05) is 36.4 Å². The van der Waals surface area contributed by atoms with Gasteiger partial charge in [0.1, 0.15) is 11.5 Å². The zero-order chi connectivity index (χ0) is 19.2. The third-order valence-electron chi connectivity index (χ3n) is 4.30. The molecule has 0 aliphatic heterocycles. The molecule has 0 saturated heterocycles. The second kappa shape index (κ2) is 8.40. The van der Waals surface area contributed by atoms with E-state index in [0.29, 0.717) is 36.6 Å². The van der Waals surface area contributed by atoms with Crippen LogP contribution in [-0.2, 0) is 11.8 Å². The van der Waals surface area contributed by atoms with Crippen LogP contribution in [0.25, 0.3) is 10.9 Å². The number of carbonyl (C=O) groups excluding carboxylic acids is 1. The maximum absolute atomic E-state index is 12.1. The normalized spacial score (nSPS) is 10.6. The molecule has 2 aromatic carbocycles. The topological polar surface area (TPSA) is 69.6 Å². The van der Waals surface area contributed by atoms with E-state index in [1.165, 1.54) is 6.07 Å². The number of anilines is 1. The highest BCUT2D eigenvalue weighted by molar-refractivity contribution is 5.92. The first-order chi connectivity index (χ1) is 13.1. The minimum absolute atomic E-state index is 0.114. The lowest BCUT2D eigenvalue weighted by Crippen LogP contribution is -2.17. The lowest BCUT2D eigenvalue weighted by atomic mass is 10.2. The molecular weight excluding hydrogens is 344 g/mol. The van der Waals surface area contributed by atoms with E-state index in [9.17, 15) is 9.59 Å². The highest BCUT2D eigenvalue weighted by Gasteiger charge is 2.09. The van der Waals surface area contributed by atoms with Gasteiger partial charge in [0.25, 0.3) is 5.56 Å². The number of aryl methyl sites for hydroxylation is 1. The fourth-order valence-corrected chi connectivity index (χ4v) is 2.87. The summed E-state index contributed by atoms with van der Waals surface area (Å²) < 4.78 is 12.6. The van der Waals surface area contributed by atoms with Gasteiger partial charge in [0.15, 0.2) is 0 Å². The lowest BCUT2D eigenvalue weighted by molar-refractivity contribution is -0.116. The van der Waals surface area contributed by atoms with Gasteiger partial charge in [0.2, 0.25) is 5.91 Å². The number of aromatic nitrogens is 1. The quantitative estimate of drug-likeness (QED) is 0.651. The Morgan fingerprint density at radius 2 is 1.81 bits per heavy atom. The summed E-state index contributed by atoms with van der Waals surface area (Å²) in [4.78, 5) is 24.2. The van der Waals surface area contributed by atoms with Gasteiger partial charge in [0, 0.05) is 24.9 Å².